The highest BCUT2D eigenvalue weighted by Crippen LogP contribution is 2.16. The third-order valence-corrected chi connectivity index (χ3v) is 12.8. The second-order valence-corrected chi connectivity index (χ2v) is 19.9. The van der Waals surface area contributed by atoms with E-state index in [1.165, 1.54) is 128 Å². The quantitative estimate of drug-likeness (QED) is 0.0261. The van der Waals surface area contributed by atoms with Crippen LogP contribution in [0.3, 0.4) is 0 Å². The average Bonchev–Trinajstić information content (AvgIpc) is 3.39. The molecule has 0 aliphatic carbocycles. The van der Waals surface area contributed by atoms with Crippen molar-refractivity contribution >= 4 is 17.9 Å². The summed E-state index contributed by atoms with van der Waals surface area (Å²) >= 11 is 0. The van der Waals surface area contributed by atoms with E-state index in [0.717, 1.165) is 103 Å². The number of allylic oxidation sites excluding steroid dienone is 18. The van der Waals surface area contributed by atoms with Crippen molar-refractivity contribution in [1.29, 1.82) is 0 Å². The second-order valence-electron chi connectivity index (χ2n) is 19.9. The zero-order chi connectivity index (χ0) is 52.9. The molecule has 0 heterocycles. The van der Waals surface area contributed by atoms with Crippen molar-refractivity contribution in [3.05, 3.63) is 109 Å². The van der Waals surface area contributed by atoms with Crippen molar-refractivity contribution in [3.63, 3.8) is 0 Å². The average molecular weight is 1010 g/mol. The Morgan fingerprint density at radius 2 is 0.534 bits per heavy atom. The van der Waals surface area contributed by atoms with Crippen LogP contribution in [0, 0.1) is 0 Å². The van der Waals surface area contributed by atoms with Crippen LogP contribution >= 0.6 is 0 Å². The van der Waals surface area contributed by atoms with Crippen LogP contribution in [0.2, 0.25) is 0 Å². The van der Waals surface area contributed by atoms with Crippen molar-refractivity contribution in [3.8, 4) is 0 Å². The van der Waals surface area contributed by atoms with Crippen LogP contribution in [0.1, 0.15) is 278 Å². The third kappa shape index (κ3) is 58.8. The Kier molecular flexibility index (Phi) is 57.4. The highest BCUT2D eigenvalue weighted by atomic mass is 16.6. The van der Waals surface area contributed by atoms with Gasteiger partial charge in [-0.1, -0.05) is 284 Å². The molecule has 0 saturated carbocycles. The molecular formula is C67H112O6. The van der Waals surface area contributed by atoms with Gasteiger partial charge in [-0.25, -0.2) is 0 Å². The fourth-order valence-corrected chi connectivity index (χ4v) is 8.27. The van der Waals surface area contributed by atoms with Crippen LogP contribution in [0.5, 0.6) is 0 Å². The number of hydrogen-bond donors (Lipinski definition) is 0. The zero-order valence-electron chi connectivity index (χ0n) is 47.6. The van der Waals surface area contributed by atoms with Crippen molar-refractivity contribution in [2.45, 2.75) is 284 Å². The molecule has 0 rings (SSSR count). The summed E-state index contributed by atoms with van der Waals surface area (Å²) in [5.74, 6) is -0.958. The van der Waals surface area contributed by atoms with Gasteiger partial charge in [-0.3, -0.25) is 14.4 Å². The second kappa shape index (κ2) is 60.6. The molecule has 73 heavy (non-hydrogen) atoms. The van der Waals surface area contributed by atoms with E-state index in [0.29, 0.717) is 19.3 Å². The third-order valence-electron chi connectivity index (χ3n) is 12.8. The first-order valence-electron chi connectivity index (χ1n) is 30.4. The van der Waals surface area contributed by atoms with E-state index in [1.807, 2.05) is 0 Å². The lowest BCUT2D eigenvalue weighted by Gasteiger charge is -2.18. The van der Waals surface area contributed by atoms with E-state index in [1.54, 1.807) is 0 Å². The van der Waals surface area contributed by atoms with E-state index in [-0.39, 0.29) is 37.5 Å². The van der Waals surface area contributed by atoms with E-state index >= 15 is 0 Å². The number of hydrogen-bond acceptors (Lipinski definition) is 6. The molecule has 6 nitrogen and oxygen atoms in total. The Morgan fingerprint density at radius 1 is 0.288 bits per heavy atom. The van der Waals surface area contributed by atoms with Crippen LogP contribution < -0.4 is 0 Å². The number of carbonyl (C=O) groups excluding carboxylic acids is 3. The molecule has 1 atom stereocenters. The fourth-order valence-electron chi connectivity index (χ4n) is 8.27. The minimum atomic E-state index is -0.798. The van der Waals surface area contributed by atoms with Crippen LogP contribution in [0.4, 0.5) is 0 Å². The molecule has 0 aliphatic heterocycles. The van der Waals surface area contributed by atoms with Crippen LogP contribution in [0.15, 0.2) is 109 Å². The molecule has 0 bridgehead atoms. The van der Waals surface area contributed by atoms with Gasteiger partial charge in [0.1, 0.15) is 13.2 Å². The predicted molar refractivity (Wildman–Crippen MR) is 316 cm³/mol. The van der Waals surface area contributed by atoms with Gasteiger partial charge in [0, 0.05) is 19.3 Å². The summed E-state index contributed by atoms with van der Waals surface area (Å²) in [7, 11) is 0. The molecule has 1 unspecified atom stereocenters. The van der Waals surface area contributed by atoms with Crippen molar-refractivity contribution in [1.82, 2.24) is 0 Å². The number of unbranched alkanes of at least 4 members (excludes halogenated alkanes) is 25. The van der Waals surface area contributed by atoms with Gasteiger partial charge in [0.15, 0.2) is 6.10 Å². The molecule has 0 aromatic heterocycles. The first-order chi connectivity index (χ1) is 36.0. The Morgan fingerprint density at radius 3 is 0.836 bits per heavy atom. The molecule has 0 saturated heterocycles. The summed E-state index contributed by atoms with van der Waals surface area (Å²) in [4.78, 5) is 38.0. The van der Waals surface area contributed by atoms with Gasteiger partial charge in [0.2, 0.25) is 0 Å². The lowest BCUT2D eigenvalue weighted by atomic mass is 10.0. The van der Waals surface area contributed by atoms with Gasteiger partial charge in [-0.15, -0.1) is 0 Å². The van der Waals surface area contributed by atoms with Gasteiger partial charge in [0.25, 0.3) is 0 Å². The van der Waals surface area contributed by atoms with Gasteiger partial charge in [-0.05, 0) is 83.5 Å². The SMILES string of the molecule is CC/C=C\C/C=C\C/C=C\C/C=C\C/C=C\C/C=C\C/C=C\C/C=C\C/C=C\CCCC(=O)OCC(COC(=O)CCCCCCCCC)OC(=O)CCCCCCCCCCCCCCCCCCCCC. The predicted octanol–water partition coefficient (Wildman–Crippen LogP) is 20.7. The summed E-state index contributed by atoms with van der Waals surface area (Å²) in [5, 5.41) is 0. The standard InChI is InChI=1S/C67H112O6/c1-4-7-10-13-16-18-20-22-24-26-28-29-30-31-32-33-34-35-36-37-39-40-42-44-46-48-51-54-57-60-66(69)72-63-64(62-71-65(68)59-56-53-50-15-12-9-6-3)73-67(70)61-58-55-52-49-47-45-43-41-38-27-25-23-21-19-17-14-11-8-5-2/h7,10,16,18,22,24,28-29,31-32,34-35,37,39,42,44,48,51,64H,4-6,8-9,11-15,17,19-21,23,25-27,30,33,36,38,40-41,43,45-47,49-50,52-63H2,1-3H3/b10-7-,18-16-,24-22-,29-28-,32-31-,35-34-,39-37-,44-42-,51-48-. The molecule has 0 radical (unpaired) electrons. The van der Waals surface area contributed by atoms with E-state index in [2.05, 4.69) is 130 Å². The summed E-state index contributed by atoms with van der Waals surface area (Å²) in [6, 6.07) is 0. The van der Waals surface area contributed by atoms with Crippen molar-refractivity contribution in [2.75, 3.05) is 13.2 Å². The van der Waals surface area contributed by atoms with Crippen LogP contribution in [-0.4, -0.2) is 37.2 Å². The first kappa shape index (κ1) is 69.1. The number of esters is 3. The maximum Gasteiger partial charge on any atom is 0.306 e. The normalized spacial score (nSPS) is 12.9. The van der Waals surface area contributed by atoms with Gasteiger partial charge >= 0.3 is 17.9 Å². The number of ether oxygens (including phenoxy) is 3. The lowest BCUT2D eigenvalue weighted by Crippen LogP contribution is -2.30. The Bertz CT molecular complexity index is 1490. The summed E-state index contributed by atoms with van der Waals surface area (Å²) in [6.07, 6.45) is 82.6. The number of carbonyl (C=O) groups is 3. The lowest BCUT2D eigenvalue weighted by molar-refractivity contribution is -0.167. The molecule has 6 heteroatoms. The fraction of sp³-hybridized carbons (Fsp3) is 0.687. The van der Waals surface area contributed by atoms with Crippen LogP contribution in [0.25, 0.3) is 0 Å². The molecule has 0 aromatic rings. The van der Waals surface area contributed by atoms with Crippen LogP contribution in [-0.2, 0) is 28.6 Å². The summed E-state index contributed by atoms with van der Waals surface area (Å²) in [5.41, 5.74) is 0. The molecule has 0 amide bonds. The summed E-state index contributed by atoms with van der Waals surface area (Å²) in [6.45, 7) is 6.45. The van der Waals surface area contributed by atoms with Crippen molar-refractivity contribution < 1.29 is 28.6 Å². The van der Waals surface area contributed by atoms with Gasteiger partial charge < -0.3 is 14.2 Å². The molecular weight excluding hydrogens is 901 g/mol. The first-order valence-corrected chi connectivity index (χ1v) is 30.4. The minimum absolute atomic E-state index is 0.0942. The monoisotopic (exact) mass is 1010 g/mol. The molecule has 0 fully saturated rings. The molecule has 416 valence electrons. The Labute approximate surface area is 450 Å². The van der Waals surface area contributed by atoms with E-state index < -0.39 is 6.10 Å². The highest BCUT2D eigenvalue weighted by molar-refractivity contribution is 5.71. The molecule has 0 aromatic carbocycles. The molecule has 0 aliphatic rings. The zero-order valence-corrected chi connectivity index (χ0v) is 47.6. The smallest absolute Gasteiger partial charge is 0.306 e. The van der Waals surface area contributed by atoms with E-state index in [4.69, 9.17) is 14.2 Å². The van der Waals surface area contributed by atoms with Crippen molar-refractivity contribution in [2.24, 2.45) is 0 Å². The molecule has 0 spiro atoms. The highest BCUT2D eigenvalue weighted by Gasteiger charge is 2.19. The largest absolute Gasteiger partial charge is 0.462 e. The minimum Gasteiger partial charge on any atom is -0.462 e. The number of rotatable bonds is 54. The Hall–Kier alpha value is -3.93. The van der Waals surface area contributed by atoms with Gasteiger partial charge in [-0.2, -0.15) is 0 Å². The van der Waals surface area contributed by atoms with E-state index in [9.17, 15) is 14.4 Å². The maximum atomic E-state index is 12.8. The summed E-state index contributed by atoms with van der Waals surface area (Å²) < 4.78 is 16.8. The molecule has 0 N–H and O–H groups in total. The maximum absolute atomic E-state index is 12.8. The Balaban J connectivity index is 4.28. The van der Waals surface area contributed by atoms with Gasteiger partial charge in [0.05, 0.1) is 0 Å². The topological polar surface area (TPSA) is 78.9 Å².